The Labute approximate surface area is 147 Å². The second-order valence-corrected chi connectivity index (χ2v) is 6.91. The van der Waals surface area contributed by atoms with Crippen molar-refractivity contribution in [3.05, 3.63) is 40.9 Å². The van der Waals surface area contributed by atoms with Crippen LogP contribution >= 0.6 is 11.3 Å². The SMILES string of the molecule is CNC(=O)[C@H]1CCN(Cc2csc(-c3ccc(C(F)(F)F)cc3)n2)C1. The van der Waals surface area contributed by atoms with Gasteiger partial charge in [0.25, 0.3) is 0 Å². The minimum Gasteiger partial charge on any atom is -0.359 e. The molecule has 3 rings (SSSR count). The molecule has 0 radical (unpaired) electrons. The van der Waals surface area contributed by atoms with Crippen LogP contribution in [0.4, 0.5) is 13.2 Å². The summed E-state index contributed by atoms with van der Waals surface area (Å²) in [6.07, 6.45) is -3.50. The monoisotopic (exact) mass is 369 g/mol. The van der Waals surface area contributed by atoms with Crippen LogP contribution in [0.2, 0.25) is 0 Å². The first-order valence-corrected chi connectivity index (χ1v) is 8.81. The van der Waals surface area contributed by atoms with Crippen molar-refractivity contribution >= 4 is 17.2 Å². The molecule has 25 heavy (non-hydrogen) atoms. The molecule has 8 heteroatoms. The van der Waals surface area contributed by atoms with Crippen molar-refractivity contribution in [2.24, 2.45) is 5.92 Å². The van der Waals surface area contributed by atoms with Gasteiger partial charge in [-0.1, -0.05) is 12.1 Å². The van der Waals surface area contributed by atoms with E-state index in [9.17, 15) is 18.0 Å². The number of amides is 1. The van der Waals surface area contributed by atoms with E-state index in [1.807, 2.05) is 5.38 Å². The van der Waals surface area contributed by atoms with Gasteiger partial charge in [-0.25, -0.2) is 4.98 Å². The van der Waals surface area contributed by atoms with Crippen LogP contribution in [0, 0.1) is 5.92 Å². The van der Waals surface area contributed by atoms with Crippen LogP contribution in [-0.2, 0) is 17.5 Å². The number of halogens is 3. The Bertz CT molecular complexity index is 742. The number of aromatic nitrogens is 1. The molecule has 1 aromatic carbocycles. The van der Waals surface area contributed by atoms with E-state index in [-0.39, 0.29) is 11.8 Å². The molecule has 0 aliphatic carbocycles. The molecule has 4 nitrogen and oxygen atoms in total. The zero-order chi connectivity index (χ0) is 18.0. The van der Waals surface area contributed by atoms with Crippen molar-refractivity contribution in [3.63, 3.8) is 0 Å². The van der Waals surface area contributed by atoms with E-state index in [4.69, 9.17) is 0 Å². The number of benzene rings is 1. The summed E-state index contributed by atoms with van der Waals surface area (Å²) in [5.41, 5.74) is 0.886. The molecular formula is C17H18F3N3OS. The van der Waals surface area contributed by atoms with Gasteiger partial charge >= 0.3 is 6.18 Å². The number of thiazole rings is 1. The third-order valence-electron chi connectivity index (χ3n) is 4.29. The van der Waals surface area contributed by atoms with Crippen molar-refractivity contribution in [1.29, 1.82) is 0 Å². The summed E-state index contributed by atoms with van der Waals surface area (Å²) in [5, 5.41) is 5.29. The van der Waals surface area contributed by atoms with Crippen LogP contribution in [0.15, 0.2) is 29.6 Å². The van der Waals surface area contributed by atoms with Crippen molar-refractivity contribution in [3.8, 4) is 10.6 Å². The zero-order valence-electron chi connectivity index (χ0n) is 13.6. The number of carbonyl (C=O) groups is 1. The molecule has 1 aromatic heterocycles. The van der Waals surface area contributed by atoms with Crippen molar-refractivity contribution in [2.75, 3.05) is 20.1 Å². The van der Waals surface area contributed by atoms with Gasteiger partial charge in [-0.05, 0) is 25.1 Å². The minimum absolute atomic E-state index is 0.0121. The maximum atomic E-state index is 12.6. The number of nitrogens with one attached hydrogen (secondary N) is 1. The summed E-state index contributed by atoms with van der Waals surface area (Å²) in [6, 6.07) is 5.04. The fraction of sp³-hybridized carbons (Fsp3) is 0.412. The minimum atomic E-state index is -4.33. The Morgan fingerprint density at radius 2 is 2.08 bits per heavy atom. The maximum Gasteiger partial charge on any atom is 0.416 e. The molecule has 0 saturated carbocycles. The molecule has 134 valence electrons. The molecule has 0 unspecified atom stereocenters. The summed E-state index contributed by atoms with van der Waals surface area (Å²) in [6.45, 7) is 2.18. The number of nitrogens with zero attached hydrogens (tertiary/aromatic N) is 2. The molecule has 1 atom stereocenters. The molecule has 2 aromatic rings. The standard InChI is InChI=1S/C17H18F3N3OS/c1-21-15(24)12-6-7-23(8-12)9-14-10-25-16(22-14)11-2-4-13(5-3-11)17(18,19)20/h2-5,10,12H,6-9H2,1H3,(H,21,24)/t12-/m0/s1. The Morgan fingerprint density at radius 3 is 2.72 bits per heavy atom. The van der Waals surface area contributed by atoms with Crippen molar-refractivity contribution in [1.82, 2.24) is 15.2 Å². The molecular weight excluding hydrogens is 351 g/mol. The number of hydrogen-bond acceptors (Lipinski definition) is 4. The highest BCUT2D eigenvalue weighted by Crippen LogP contribution is 2.32. The predicted molar refractivity (Wildman–Crippen MR) is 90.0 cm³/mol. The second-order valence-electron chi connectivity index (χ2n) is 6.05. The fourth-order valence-electron chi connectivity index (χ4n) is 2.94. The van der Waals surface area contributed by atoms with Gasteiger partial charge < -0.3 is 5.32 Å². The molecule has 1 fully saturated rings. The highest BCUT2D eigenvalue weighted by Gasteiger charge is 2.30. The Morgan fingerprint density at radius 1 is 1.36 bits per heavy atom. The third-order valence-corrected chi connectivity index (χ3v) is 5.23. The van der Waals surface area contributed by atoms with Gasteiger partial charge in [-0.2, -0.15) is 13.2 Å². The molecule has 1 aliphatic heterocycles. The largest absolute Gasteiger partial charge is 0.416 e. The molecule has 0 bridgehead atoms. The van der Waals surface area contributed by atoms with E-state index in [1.54, 1.807) is 7.05 Å². The quantitative estimate of drug-likeness (QED) is 0.899. The normalized spacial score (nSPS) is 18.5. The van der Waals surface area contributed by atoms with E-state index in [1.165, 1.54) is 23.5 Å². The lowest BCUT2D eigenvalue weighted by Gasteiger charge is -2.13. The van der Waals surface area contributed by atoms with E-state index >= 15 is 0 Å². The van der Waals surface area contributed by atoms with Gasteiger partial charge in [0.15, 0.2) is 0 Å². The van der Waals surface area contributed by atoms with Gasteiger partial charge in [0, 0.05) is 31.1 Å². The summed E-state index contributed by atoms with van der Waals surface area (Å²) in [7, 11) is 1.64. The number of likely N-dealkylation sites (tertiary alicyclic amines) is 1. The summed E-state index contributed by atoms with van der Waals surface area (Å²) in [5.74, 6) is 0.0734. The van der Waals surface area contributed by atoms with Crippen molar-refractivity contribution in [2.45, 2.75) is 19.1 Å². The van der Waals surface area contributed by atoms with E-state index in [2.05, 4.69) is 15.2 Å². The van der Waals surface area contributed by atoms with Gasteiger partial charge in [-0.15, -0.1) is 11.3 Å². The van der Waals surface area contributed by atoms with Gasteiger partial charge in [0.05, 0.1) is 17.2 Å². The van der Waals surface area contributed by atoms with Crippen LogP contribution in [0.5, 0.6) is 0 Å². The van der Waals surface area contributed by atoms with Gasteiger partial charge in [-0.3, -0.25) is 9.69 Å². The maximum absolute atomic E-state index is 12.6. The van der Waals surface area contributed by atoms with Crippen LogP contribution in [0.25, 0.3) is 10.6 Å². The van der Waals surface area contributed by atoms with Gasteiger partial charge in [0.2, 0.25) is 5.91 Å². The number of rotatable bonds is 4. The molecule has 1 aliphatic rings. The number of carbonyl (C=O) groups excluding carboxylic acids is 1. The molecule has 0 spiro atoms. The van der Waals surface area contributed by atoms with Crippen LogP contribution in [0.3, 0.4) is 0 Å². The molecule has 1 saturated heterocycles. The third kappa shape index (κ3) is 4.19. The highest BCUT2D eigenvalue weighted by atomic mass is 32.1. The number of hydrogen-bond donors (Lipinski definition) is 1. The lowest BCUT2D eigenvalue weighted by Crippen LogP contribution is -2.30. The van der Waals surface area contributed by atoms with E-state index in [0.717, 1.165) is 30.8 Å². The van der Waals surface area contributed by atoms with Crippen LogP contribution in [0.1, 0.15) is 17.7 Å². The fourth-order valence-corrected chi connectivity index (χ4v) is 3.75. The summed E-state index contributed by atoms with van der Waals surface area (Å²) >= 11 is 1.41. The average Bonchev–Trinajstić information content (AvgIpc) is 3.23. The Hall–Kier alpha value is -1.93. The Balaban J connectivity index is 1.64. The lowest BCUT2D eigenvalue weighted by molar-refractivity contribution is -0.137. The van der Waals surface area contributed by atoms with Crippen molar-refractivity contribution < 1.29 is 18.0 Å². The predicted octanol–water partition coefficient (Wildman–Crippen LogP) is 3.40. The lowest BCUT2D eigenvalue weighted by atomic mass is 10.1. The average molecular weight is 369 g/mol. The first-order valence-electron chi connectivity index (χ1n) is 7.93. The summed E-state index contributed by atoms with van der Waals surface area (Å²) in [4.78, 5) is 18.4. The Kier molecular flexibility index (Phi) is 5.10. The summed E-state index contributed by atoms with van der Waals surface area (Å²) < 4.78 is 37.9. The topological polar surface area (TPSA) is 45.2 Å². The van der Waals surface area contributed by atoms with Gasteiger partial charge in [0.1, 0.15) is 5.01 Å². The smallest absolute Gasteiger partial charge is 0.359 e. The first kappa shape index (κ1) is 17.9. The molecule has 1 amide bonds. The zero-order valence-corrected chi connectivity index (χ0v) is 14.5. The highest BCUT2D eigenvalue weighted by molar-refractivity contribution is 7.13. The second kappa shape index (κ2) is 7.13. The molecule has 1 N–H and O–H groups in total. The van der Waals surface area contributed by atoms with Crippen LogP contribution in [-0.4, -0.2) is 35.9 Å². The molecule has 2 heterocycles. The van der Waals surface area contributed by atoms with Crippen LogP contribution < -0.4 is 5.32 Å². The number of alkyl halides is 3. The van der Waals surface area contributed by atoms with E-state index < -0.39 is 11.7 Å². The first-order chi connectivity index (χ1) is 11.9. The van der Waals surface area contributed by atoms with E-state index in [0.29, 0.717) is 23.7 Å².